The molecule has 1 fully saturated rings. The molecule has 5 heteroatoms. The average Bonchev–Trinajstić information content (AvgIpc) is 2.75. The molecule has 90 valence electrons. The minimum Gasteiger partial charge on any atom is -0.480 e. The minimum absolute atomic E-state index is 0.0703. The van der Waals surface area contributed by atoms with E-state index in [0.717, 1.165) is 25.7 Å². The van der Waals surface area contributed by atoms with Gasteiger partial charge in [0, 0.05) is 12.6 Å². The van der Waals surface area contributed by atoms with E-state index in [0.29, 0.717) is 6.54 Å². The van der Waals surface area contributed by atoms with Crippen molar-refractivity contribution in [1.82, 2.24) is 10.2 Å². The third-order valence-electron chi connectivity index (χ3n) is 2.73. The fourth-order valence-electron chi connectivity index (χ4n) is 1.99. The zero-order chi connectivity index (χ0) is 12.0. The first-order valence-electron chi connectivity index (χ1n) is 5.52. The third-order valence-corrected chi connectivity index (χ3v) is 2.73. The number of rotatable bonds is 5. The number of hydrogen-bond donors (Lipinski definition) is 2. The second-order valence-corrected chi connectivity index (χ2v) is 3.93. The van der Waals surface area contributed by atoms with Gasteiger partial charge in [0.1, 0.15) is 6.54 Å². The maximum absolute atomic E-state index is 11.7. The highest BCUT2D eigenvalue weighted by atomic mass is 16.4. The highest BCUT2D eigenvalue weighted by molar-refractivity contribution is 5.80. The Labute approximate surface area is 95.1 Å². The van der Waals surface area contributed by atoms with Crippen LogP contribution in [0.3, 0.4) is 0 Å². The second kappa shape index (κ2) is 6.15. The number of amides is 2. The van der Waals surface area contributed by atoms with Crippen LogP contribution in [0.4, 0.5) is 4.79 Å². The van der Waals surface area contributed by atoms with Crippen molar-refractivity contribution in [2.75, 3.05) is 13.1 Å². The van der Waals surface area contributed by atoms with Crippen molar-refractivity contribution in [2.45, 2.75) is 31.7 Å². The molecule has 0 bridgehead atoms. The Hall–Kier alpha value is -1.52. The lowest BCUT2D eigenvalue weighted by atomic mass is 10.2. The first-order valence-corrected chi connectivity index (χ1v) is 5.52. The van der Waals surface area contributed by atoms with E-state index in [1.54, 1.807) is 6.08 Å². The quantitative estimate of drug-likeness (QED) is 0.692. The molecule has 0 aromatic heterocycles. The van der Waals surface area contributed by atoms with Crippen LogP contribution in [0.5, 0.6) is 0 Å². The van der Waals surface area contributed by atoms with Gasteiger partial charge in [-0.1, -0.05) is 18.9 Å². The van der Waals surface area contributed by atoms with E-state index in [2.05, 4.69) is 11.9 Å². The molecule has 0 spiro atoms. The van der Waals surface area contributed by atoms with E-state index >= 15 is 0 Å². The molecule has 1 aliphatic carbocycles. The Morgan fingerprint density at radius 1 is 1.44 bits per heavy atom. The highest BCUT2D eigenvalue weighted by Gasteiger charge is 2.27. The number of carboxylic acid groups (broad SMARTS) is 1. The minimum atomic E-state index is -0.972. The number of urea groups is 1. The second-order valence-electron chi connectivity index (χ2n) is 3.93. The molecule has 1 saturated carbocycles. The van der Waals surface area contributed by atoms with Gasteiger partial charge in [0.2, 0.25) is 0 Å². The smallest absolute Gasteiger partial charge is 0.323 e. The van der Waals surface area contributed by atoms with Crippen molar-refractivity contribution in [3.8, 4) is 0 Å². The average molecular weight is 226 g/mol. The molecule has 0 unspecified atom stereocenters. The third kappa shape index (κ3) is 3.56. The number of hydrogen-bond acceptors (Lipinski definition) is 2. The zero-order valence-electron chi connectivity index (χ0n) is 9.32. The van der Waals surface area contributed by atoms with Crippen LogP contribution in [0.1, 0.15) is 25.7 Å². The molecule has 0 heterocycles. The van der Waals surface area contributed by atoms with Crippen LogP contribution in [-0.2, 0) is 4.79 Å². The molecule has 0 aromatic carbocycles. The molecule has 16 heavy (non-hydrogen) atoms. The van der Waals surface area contributed by atoms with Gasteiger partial charge in [0.05, 0.1) is 0 Å². The summed E-state index contributed by atoms with van der Waals surface area (Å²) in [6.07, 6.45) is 5.50. The maximum Gasteiger partial charge on any atom is 0.323 e. The molecule has 0 saturated heterocycles. The van der Waals surface area contributed by atoms with E-state index < -0.39 is 5.97 Å². The van der Waals surface area contributed by atoms with Gasteiger partial charge < -0.3 is 15.3 Å². The van der Waals surface area contributed by atoms with Crippen LogP contribution in [0, 0.1) is 0 Å². The molecule has 1 aliphatic rings. The molecule has 0 aliphatic heterocycles. The molecule has 1 rings (SSSR count). The lowest BCUT2D eigenvalue weighted by Crippen LogP contribution is -2.47. The van der Waals surface area contributed by atoms with E-state index in [4.69, 9.17) is 5.11 Å². The summed E-state index contributed by atoms with van der Waals surface area (Å²) in [6, 6.07) is -0.241. The molecule has 2 N–H and O–H groups in total. The molecule has 0 radical (unpaired) electrons. The van der Waals surface area contributed by atoms with Crippen LogP contribution in [-0.4, -0.2) is 41.1 Å². The number of nitrogens with zero attached hydrogens (tertiary/aromatic N) is 1. The highest BCUT2D eigenvalue weighted by Crippen LogP contribution is 2.23. The molecule has 2 amide bonds. The Morgan fingerprint density at radius 2 is 2.06 bits per heavy atom. The summed E-state index contributed by atoms with van der Waals surface area (Å²) in [6.45, 7) is 3.64. The van der Waals surface area contributed by atoms with Gasteiger partial charge in [-0.2, -0.15) is 0 Å². The van der Waals surface area contributed by atoms with Crippen LogP contribution in [0.15, 0.2) is 12.7 Å². The summed E-state index contributed by atoms with van der Waals surface area (Å²) in [5.41, 5.74) is 0. The standard InChI is InChI=1S/C11H18N2O3/c1-2-7-12-11(16)13(8-10(14)15)9-5-3-4-6-9/h2,9H,1,3-8H2,(H,12,16)(H,14,15). The van der Waals surface area contributed by atoms with Gasteiger partial charge in [0.25, 0.3) is 0 Å². The van der Waals surface area contributed by atoms with Crippen LogP contribution >= 0.6 is 0 Å². The maximum atomic E-state index is 11.7. The summed E-state index contributed by atoms with van der Waals surface area (Å²) in [7, 11) is 0. The van der Waals surface area contributed by atoms with E-state index in [-0.39, 0.29) is 18.6 Å². The largest absolute Gasteiger partial charge is 0.480 e. The van der Waals surface area contributed by atoms with Crippen molar-refractivity contribution in [3.63, 3.8) is 0 Å². The van der Waals surface area contributed by atoms with Crippen molar-refractivity contribution in [1.29, 1.82) is 0 Å². The molecular weight excluding hydrogens is 208 g/mol. The number of carbonyl (C=O) groups is 2. The van der Waals surface area contributed by atoms with Gasteiger partial charge in [-0.05, 0) is 12.8 Å². The molecule has 5 nitrogen and oxygen atoms in total. The number of aliphatic carboxylic acids is 1. The zero-order valence-corrected chi connectivity index (χ0v) is 9.32. The molecular formula is C11H18N2O3. The van der Waals surface area contributed by atoms with E-state index in [1.165, 1.54) is 4.90 Å². The van der Waals surface area contributed by atoms with Crippen molar-refractivity contribution in [2.24, 2.45) is 0 Å². The SMILES string of the molecule is C=CCNC(=O)N(CC(=O)O)C1CCCC1. The molecule has 0 atom stereocenters. The summed E-state index contributed by atoms with van der Waals surface area (Å²) >= 11 is 0. The van der Waals surface area contributed by atoms with Crippen molar-refractivity contribution >= 4 is 12.0 Å². The van der Waals surface area contributed by atoms with Crippen LogP contribution in [0.2, 0.25) is 0 Å². The monoisotopic (exact) mass is 226 g/mol. The summed E-state index contributed by atoms with van der Waals surface area (Å²) in [5.74, 6) is -0.972. The molecule has 0 aromatic rings. The Kier molecular flexibility index (Phi) is 4.82. The van der Waals surface area contributed by atoms with Gasteiger partial charge >= 0.3 is 12.0 Å². The Balaban J connectivity index is 2.57. The van der Waals surface area contributed by atoms with Crippen molar-refractivity contribution in [3.05, 3.63) is 12.7 Å². The van der Waals surface area contributed by atoms with Gasteiger partial charge in [0.15, 0.2) is 0 Å². The van der Waals surface area contributed by atoms with Crippen LogP contribution < -0.4 is 5.32 Å². The predicted octanol–water partition coefficient (Wildman–Crippen LogP) is 1.21. The normalized spacial score (nSPS) is 15.8. The lowest BCUT2D eigenvalue weighted by Gasteiger charge is -2.27. The number of nitrogens with one attached hydrogen (secondary N) is 1. The van der Waals surface area contributed by atoms with E-state index in [9.17, 15) is 9.59 Å². The first-order chi connectivity index (χ1) is 7.65. The first kappa shape index (κ1) is 12.5. The fraction of sp³-hybridized carbons (Fsp3) is 0.636. The predicted molar refractivity (Wildman–Crippen MR) is 60.2 cm³/mol. The fourth-order valence-corrected chi connectivity index (χ4v) is 1.99. The number of carbonyl (C=O) groups excluding carboxylic acids is 1. The Morgan fingerprint density at radius 3 is 2.56 bits per heavy atom. The van der Waals surface area contributed by atoms with Crippen molar-refractivity contribution < 1.29 is 14.7 Å². The number of carboxylic acids is 1. The van der Waals surface area contributed by atoms with Crippen LogP contribution in [0.25, 0.3) is 0 Å². The van der Waals surface area contributed by atoms with Gasteiger partial charge in [-0.15, -0.1) is 6.58 Å². The van der Waals surface area contributed by atoms with E-state index in [1.807, 2.05) is 0 Å². The lowest BCUT2D eigenvalue weighted by molar-refractivity contribution is -0.138. The summed E-state index contributed by atoms with van der Waals surface area (Å²) < 4.78 is 0. The topological polar surface area (TPSA) is 69.6 Å². The van der Waals surface area contributed by atoms with Gasteiger partial charge in [-0.25, -0.2) is 4.79 Å². The van der Waals surface area contributed by atoms with Gasteiger partial charge in [-0.3, -0.25) is 4.79 Å². The summed E-state index contributed by atoms with van der Waals surface area (Å²) in [5, 5.41) is 11.4. The Bertz CT molecular complexity index is 272. The summed E-state index contributed by atoms with van der Waals surface area (Å²) in [4.78, 5) is 23.8.